The summed E-state index contributed by atoms with van der Waals surface area (Å²) in [6, 6.07) is 23.2. The Morgan fingerprint density at radius 2 is 1.26 bits per heavy atom. The average Bonchev–Trinajstić information content (AvgIpc) is 2.70. The Balaban J connectivity index is 1.80. The van der Waals surface area contributed by atoms with Crippen LogP contribution in [0.2, 0.25) is 10.0 Å². The van der Waals surface area contributed by atoms with Gasteiger partial charge in [0, 0.05) is 0 Å². The van der Waals surface area contributed by atoms with E-state index in [1.807, 2.05) is 60.7 Å². The lowest BCUT2D eigenvalue weighted by atomic mass is 9.99. The molecule has 3 rings (SSSR count). The van der Waals surface area contributed by atoms with Gasteiger partial charge < -0.3 is 10.6 Å². The molecule has 0 heterocycles. The third kappa shape index (κ3) is 4.67. The Bertz CT molecular complexity index is 907. The van der Waals surface area contributed by atoms with Gasteiger partial charge in [-0.3, -0.25) is 9.59 Å². The van der Waals surface area contributed by atoms with Gasteiger partial charge in [0.2, 0.25) is 0 Å². The normalized spacial score (nSPS) is 10.5. The summed E-state index contributed by atoms with van der Waals surface area (Å²) in [7, 11) is 0. The van der Waals surface area contributed by atoms with Gasteiger partial charge in [-0.15, -0.1) is 0 Å². The van der Waals surface area contributed by atoms with Gasteiger partial charge in [-0.1, -0.05) is 89.9 Å². The minimum Gasteiger partial charge on any atom is -0.337 e. The summed E-state index contributed by atoms with van der Waals surface area (Å²) < 4.78 is 0. The highest BCUT2D eigenvalue weighted by molar-refractivity contribution is 6.45. The van der Waals surface area contributed by atoms with Crippen molar-refractivity contribution in [3.05, 3.63) is 100 Å². The summed E-state index contributed by atoms with van der Waals surface area (Å²) in [5, 5.41) is 5.74. The summed E-state index contributed by atoms with van der Waals surface area (Å²) >= 11 is 12.0. The molecule has 0 radical (unpaired) electrons. The Morgan fingerprint density at radius 1 is 0.704 bits per heavy atom. The van der Waals surface area contributed by atoms with Gasteiger partial charge in [0.1, 0.15) is 0 Å². The zero-order valence-corrected chi connectivity index (χ0v) is 15.7. The molecule has 0 aliphatic heterocycles. The molecule has 0 aliphatic rings. The molecule has 2 N–H and O–H groups in total. The fourth-order valence-corrected chi connectivity index (χ4v) is 2.97. The van der Waals surface area contributed by atoms with E-state index < -0.39 is 17.9 Å². The van der Waals surface area contributed by atoms with Gasteiger partial charge in [0.25, 0.3) is 0 Å². The maximum atomic E-state index is 12.5. The van der Waals surface area contributed by atoms with Crippen molar-refractivity contribution in [3.63, 3.8) is 0 Å². The van der Waals surface area contributed by atoms with Crippen molar-refractivity contribution in [2.45, 2.75) is 6.04 Å². The van der Waals surface area contributed by atoms with Crippen LogP contribution in [-0.4, -0.2) is 11.8 Å². The quantitative estimate of drug-likeness (QED) is 0.617. The van der Waals surface area contributed by atoms with Crippen LogP contribution in [0.1, 0.15) is 17.2 Å². The van der Waals surface area contributed by atoms with E-state index in [9.17, 15) is 9.59 Å². The Kier molecular flexibility index (Phi) is 6.12. The zero-order chi connectivity index (χ0) is 19.2. The second-order valence-corrected chi connectivity index (χ2v) is 6.57. The molecule has 2 amide bonds. The predicted molar refractivity (Wildman–Crippen MR) is 108 cm³/mol. The third-order valence-corrected chi connectivity index (χ3v) is 4.77. The second-order valence-electron chi connectivity index (χ2n) is 5.78. The van der Waals surface area contributed by atoms with E-state index in [-0.39, 0.29) is 10.7 Å². The molecule has 27 heavy (non-hydrogen) atoms. The lowest BCUT2D eigenvalue weighted by Crippen LogP contribution is -2.38. The number of hydrogen-bond acceptors (Lipinski definition) is 2. The number of halogens is 2. The number of amides is 2. The van der Waals surface area contributed by atoms with Gasteiger partial charge in [0.05, 0.1) is 21.8 Å². The van der Waals surface area contributed by atoms with E-state index in [1.54, 1.807) is 18.2 Å². The van der Waals surface area contributed by atoms with E-state index >= 15 is 0 Å². The lowest BCUT2D eigenvalue weighted by Gasteiger charge is -2.19. The predicted octanol–water partition coefficient (Wildman–Crippen LogP) is 4.84. The SMILES string of the molecule is O=C(Nc1cccc(Cl)c1Cl)C(=O)NC(c1ccccc1)c1ccccc1. The van der Waals surface area contributed by atoms with E-state index in [2.05, 4.69) is 10.6 Å². The Hall–Kier alpha value is -2.82. The topological polar surface area (TPSA) is 58.2 Å². The summed E-state index contributed by atoms with van der Waals surface area (Å²) in [4.78, 5) is 24.9. The standard InChI is InChI=1S/C21H16Cl2N2O2/c22-16-12-7-13-17(18(16)23)24-20(26)21(27)25-19(14-8-3-1-4-9-14)15-10-5-2-6-11-15/h1-13,19H,(H,24,26)(H,25,27). The van der Waals surface area contributed by atoms with Gasteiger partial charge in [0.15, 0.2) is 0 Å². The molecule has 3 aromatic rings. The molecule has 0 aliphatic carbocycles. The zero-order valence-electron chi connectivity index (χ0n) is 14.2. The smallest absolute Gasteiger partial charge is 0.313 e. The monoisotopic (exact) mass is 398 g/mol. The highest BCUT2D eigenvalue weighted by Gasteiger charge is 2.22. The third-order valence-electron chi connectivity index (χ3n) is 3.95. The van der Waals surface area contributed by atoms with Crippen molar-refractivity contribution in [2.75, 3.05) is 5.32 Å². The van der Waals surface area contributed by atoms with E-state index in [0.29, 0.717) is 5.02 Å². The number of carbonyl (C=O) groups is 2. The molecule has 6 heteroatoms. The highest BCUT2D eigenvalue weighted by Crippen LogP contribution is 2.29. The molecule has 0 aromatic heterocycles. The van der Waals surface area contributed by atoms with Crippen LogP contribution in [-0.2, 0) is 9.59 Å². The maximum Gasteiger partial charge on any atom is 0.313 e. The van der Waals surface area contributed by atoms with Crippen LogP contribution in [0.4, 0.5) is 5.69 Å². The summed E-state index contributed by atoms with van der Waals surface area (Å²) in [5.41, 5.74) is 2.01. The van der Waals surface area contributed by atoms with Gasteiger partial charge in [-0.25, -0.2) is 0 Å². The van der Waals surface area contributed by atoms with Crippen LogP contribution in [0.3, 0.4) is 0 Å². The molecule has 0 saturated heterocycles. The van der Waals surface area contributed by atoms with Crippen LogP contribution < -0.4 is 10.6 Å². The molecular weight excluding hydrogens is 383 g/mol. The van der Waals surface area contributed by atoms with Gasteiger partial charge in [-0.05, 0) is 23.3 Å². The van der Waals surface area contributed by atoms with Crippen LogP contribution in [0.25, 0.3) is 0 Å². The second kappa shape index (κ2) is 8.71. The number of hydrogen-bond donors (Lipinski definition) is 2. The first kappa shape index (κ1) is 19.0. The number of carbonyl (C=O) groups excluding carboxylic acids is 2. The molecule has 0 fully saturated rings. The first-order valence-electron chi connectivity index (χ1n) is 8.22. The van der Waals surface area contributed by atoms with Crippen LogP contribution in [0.5, 0.6) is 0 Å². The van der Waals surface area contributed by atoms with Crippen LogP contribution >= 0.6 is 23.2 Å². The fourth-order valence-electron chi connectivity index (χ4n) is 2.63. The molecule has 4 nitrogen and oxygen atoms in total. The number of anilines is 1. The van der Waals surface area contributed by atoms with Crippen LogP contribution in [0.15, 0.2) is 78.9 Å². The minimum absolute atomic E-state index is 0.183. The van der Waals surface area contributed by atoms with E-state index in [4.69, 9.17) is 23.2 Å². The van der Waals surface area contributed by atoms with Gasteiger partial charge in [-0.2, -0.15) is 0 Å². The molecule has 3 aromatic carbocycles. The molecule has 0 saturated carbocycles. The number of benzene rings is 3. The summed E-state index contributed by atoms with van der Waals surface area (Å²) in [6.07, 6.45) is 0. The molecule has 0 unspecified atom stereocenters. The van der Waals surface area contributed by atoms with E-state index in [1.165, 1.54) is 0 Å². The van der Waals surface area contributed by atoms with Crippen molar-refractivity contribution in [1.82, 2.24) is 5.32 Å². The average molecular weight is 399 g/mol. The van der Waals surface area contributed by atoms with Gasteiger partial charge >= 0.3 is 11.8 Å². The molecule has 136 valence electrons. The Morgan fingerprint density at radius 3 is 1.81 bits per heavy atom. The van der Waals surface area contributed by atoms with Crippen molar-refractivity contribution in [1.29, 1.82) is 0 Å². The summed E-state index contributed by atoms with van der Waals surface area (Å²) in [5.74, 6) is -1.60. The van der Waals surface area contributed by atoms with E-state index in [0.717, 1.165) is 11.1 Å². The van der Waals surface area contributed by atoms with Crippen molar-refractivity contribution < 1.29 is 9.59 Å². The molecular formula is C21H16Cl2N2O2. The largest absolute Gasteiger partial charge is 0.337 e. The van der Waals surface area contributed by atoms with Crippen LogP contribution in [0, 0.1) is 0 Å². The van der Waals surface area contributed by atoms with Crippen molar-refractivity contribution in [2.24, 2.45) is 0 Å². The maximum absolute atomic E-state index is 12.5. The molecule has 0 spiro atoms. The molecule has 0 bridgehead atoms. The lowest BCUT2D eigenvalue weighted by molar-refractivity contribution is -0.136. The summed E-state index contributed by atoms with van der Waals surface area (Å²) in [6.45, 7) is 0. The first-order valence-corrected chi connectivity index (χ1v) is 8.97. The number of nitrogens with one attached hydrogen (secondary N) is 2. The Labute approximate surface area is 167 Å². The first-order chi connectivity index (χ1) is 13.1. The van der Waals surface area contributed by atoms with Crippen molar-refractivity contribution in [3.8, 4) is 0 Å². The molecule has 0 atom stereocenters. The minimum atomic E-state index is -0.823. The number of rotatable bonds is 4. The fraction of sp³-hybridized carbons (Fsp3) is 0.0476. The highest BCUT2D eigenvalue weighted by atomic mass is 35.5. The van der Waals surface area contributed by atoms with Crippen molar-refractivity contribution >= 4 is 40.7 Å².